The first kappa shape index (κ1) is 18.7. The fourth-order valence-electron chi connectivity index (χ4n) is 3.33. The Labute approximate surface area is 159 Å². The molecular formula is C22H25ClN2O. The van der Waals surface area contributed by atoms with Crippen LogP contribution >= 0.6 is 11.6 Å². The molecule has 136 valence electrons. The van der Waals surface area contributed by atoms with Crippen molar-refractivity contribution in [1.29, 1.82) is 0 Å². The highest BCUT2D eigenvalue weighted by Crippen LogP contribution is 2.23. The molecule has 0 aliphatic heterocycles. The summed E-state index contributed by atoms with van der Waals surface area (Å²) < 4.78 is 1.82. The second kappa shape index (κ2) is 9.00. The third-order valence-corrected chi connectivity index (χ3v) is 4.95. The standard InChI is InChI=1S/C22H25ClN2O/c1-2-3-4-5-6-7-14-25-21-18(11-9-13-24-21)16-20(22(25)26)17-10-8-12-19(23)15-17/h8-13,15-16H,2-7,14H2,1H3. The minimum absolute atomic E-state index is 0.00650. The average Bonchev–Trinajstić information content (AvgIpc) is 2.65. The lowest BCUT2D eigenvalue weighted by atomic mass is 10.1. The van der Waals surface area contributed by atoms with E-state index in [0.29, 0.717) is 17.1 Å². The highest BCUT2D eigenvalue weighted by molar-refractivity contribution is 6.30. The van der Waals surface area contributed by atoms with Gasteiger partial charge in [-0.25, -0.2) is 4.98 Å². The van der Waals surface area contributed by atoms with Gasteiger partial charge in [0, 0.05) is 28.7 Å². The summed E-state index contributed by atoms with van der Waals surface area (Å²) in [7, 11) is 0. The van der Waals surface area contributed by atoms with Gasteiger partial charge in [0.2, 0.25) is 0 Å². The first-order chi connectivity index (χ1) is 12.7. The number of pyridine rings is 2. The number of aryl methyl sites for hydroxylation is 1. The van der Waals surface area contributed by atoms with Crippen molar-refractivity contribution in [1.82, 2.24) is 9.55 Å². The molecule has 26 heavy (non-hydrogen) atoms. The Kier molecular flexibility index (Phi) is 6.45. The van der Waals surface area contributed by atoms with Gasteiger partial charge in [-0.1, -0.05) is 62.8 Å². The molecule has 0 spiro atoms. The van der Waals surface area contributed by atoms with Gasteiger partial charge in [0.05, 0.1) is 0 Å². The third-order valence-electron chi connectivity index (χ3n) is 4.72. The highest BCUT2D eigenvalue weighted by atomic mass is 35.5. The highest BCUT2D eigenvalue weighted by Gasteiger charge is 2.12. The molecule has 1 aromatic carbocycles. The van der Waals surface area contributed by atoms with E-state index in [1.165, 1.54) is 25.7 Å². The summed E-state index contributed by atoms with van der Waals surface area (Å²) in [5.74, 6) is 0. The molecule has 0 radical (unpaired) electrons. The van der Waals surface area contributed by atoms with Crippen molar-refractivity contribution < 1.29 is 0 Å². The number of halogens is 1. The third kappa shape index (κ3) is 4.34. The molecule has 0 atom stereocenters. The number of benzene rings is 1. The minimum Gasteiger partial charge on any atom is -0.292 e. The summed E-state index contributed by atoms with van der Waals surface area (Å²) in [6, 6.07) is 13.3. The van der Waals surface area contributed by atoms with Gasteiger partial charge in [0.15, 0.2) is 0 Å². The second-order valence-electron chi connectivity index (χ2n) is 6.71. The van der Waals surface area contributed by atoms with E-state index in [4.69, 9.17) is 11.6 Å². The Balaban J connectivity index is 1.93. The number of aromatic nitrogens is 2. The molecule has 4 heteroatoms. The molecule has 0 aliphatic carbocycles. The van der Waals surface area contributed by atoms with E-state index < -0.39 is 0 Å². The van der Waals surface area contributed by atoms with Crippen LogP contribution in [0.1, 0.15) is 45.4 Å². The first-order valence-corrected chi connectivity index (χ1v) is 9.83. The maximum atomic E-state index is 13.1. The zero-order valence-electron chi connectivity index (χ0n) is 15.2. The van der Waals surface area contributed by atoms with Crippen molar-refractivity contribution in [2.75, 3.05) is 0 Å². The second-order valence-corrected chi connectivity index (χ2v) is 7.15. The molecule has 0 fully saturated rings. The molecular weight excluding hydrogens is 344 g/mol. The lowest BCUT2D eigenvalue weighted by Gasteiger charge is -2.12. The van der Waals surface area contributed by atoms with Crippen LogP contribution in [-0.4, -0.2) is 9.55 Å². The van der Waals surface area contributed by atoms with E-state index in [-0.39, 0.29) is 5.56 Å². The molecule has 3 nitrogen and oxygen atoms in total. The SMILES string of the molecule is CCCCCCCCn1c(=O)c(-c2cccc(Cl)c2)cc2cccnc21. The molecule has 0 amide bonds. The van der Waals surface area contributed by atoms with Crippen LogP contribution in [0.2, 0.25) is 5.02 Å². The zero-order chi connectivity index (χ0) is 18.4. The van der Waals surface area contributed by atoms with E-state index in [0.717, 1.165) is 29.4 Å². The number of unbranched alkanes of at least 4 members (excludes halogenated alkanes) is 5. The summed E-state index contributed by atoms with van der Waals surface area (Å²) in [5.41, 5.74) is 2.30. The molecule has 0 saturated carbocycles. The van der Waals surface area contributed by atoms with Gasteiger partial charge in [-0.2, -0.15) is 0 Å². The fraction of sp³-hybridized carbons (Fsp3) is 0.364. The summed E-state index contributed by atoms with van der Waals surface area (Å²) in [4.78, 5) is 17.6. The van der Waals surface area contributed by atoms with Crippen molar-refractivity contribution in [3.63, 3.8) is 0 Å². The van der Waals surface area contributed by atoms with Crippen molar-refractivity contribution >= 4 is 22.6 Å². The molecule has 0 unspecified atom stereocenters. The number of hydrogen-bond donors (Lipinski definition) is 0. The van der Waals surface area contributed by atoms with Gasteiger partial charge < -0.3 is 0 Å². The Bertz CT molecular complexity index is 933. The van der Waals surface area contributed by atoms with Crippen LogP contribution in [0.15, 0.2) is 53.5 Å². The van der Waals surface area contributed by atoms with Crippen LogP contribution in [0.5, 0.6) is 0 Å². The maximum absolute atomic E-state index is 13.1. The Morgan fingerprint density at radius 1 is 1.00 bits per heavy atom. The van der Waals surface area contributed by atoms with Gasteiger partial charge >= 0.3 is 0 Å². The van der Waals surface area contributed by atoms with Crippen LogP contribution in [0.25, 0.3) is 22.2 Å². The summed E-state index contributed by atoms with van der Waals surface area (Å²) in [5, 5.41) is 1.61. The van der Waals surface area contributed by atoms with E-state index in [1.54, 1.807) is 6.20 Å². The van der Waals surface area contributed by atoms with Crippen LogP contribution in [0, 0.1) is 0 Å². The van der Waals surface area contributed by atoms with Crippen molar-refractivity contribution in [2.24, 2.45) is 0 Å². The number of fused-ring (bicyclic) bond motifs is 1. The number of rotatable bonds is 8. The largest absolute Gasteiger partial charge is 0.292 e. The summed E-state index contributed by atoms with van der Waals surface area (Å²) >= 11 is 6.13. The normalized spacial score (nSPS) is 11.2. The molecule has 0 N–H and O–H groups in total. The van der Waals surface area contributed by atoms with Crippen LogP contribution in [-0.2, 0) is 6.54 Å². The van der Waals surface area contributed by atoms with Gasteiger partial charge in [0.1, 0.15) is 5.65 Å². The average molecular weight is 369 g/mol. The van der Waals surface area contributed by atoms with Crippen LogP contribution in [0.4, 0.5) is 0 Å². The summed E-state index contributed by atoms with van der Waals surface area (Å²) in [6.07, 6.45) is 8.91. The molecule has 3 rings (SSSR count). The van der Waals surface area contributed by atoms with Gasteiger partial charge in [-0.3, -0.25) is 9.36 Å². The van der Waals surface area contributed by atoms with Crippen molar-refractivity contribution in [2.45, 2.75) is 52.0 Å². The lowest BCUT2D eigenvalue weighted by molar-refractivity contribution is 0.557. The molecule has 2 aromatic heterocycles. The smallest absolute Gasteiger partial charge is 0.260 e. The van der Waals surface area contributed by atoms with Crippen LogP contribution < -0.4 is 5.56 Å². The minimum atomic E-state index is 0.00650. The van der Waals surface area contributed by atoms with Gasteiger partial charge in [-0.15, -0.1) is 0 Å². The monoisotopic (exact) mass is 368 g/mol. The lowest BCUT2D eigenvalue weighted by Crippen LogP contribution is -2.23. The Morgan fingerprint density at radius 2 is 1.81 bits per heavy atom. The van der Waals surface area contributed by atoms with E-state index in [2.05, 4.69) is 11.9 Å². The number of hydrogen-bond acceptors (Lipinski definition) is 2. The van der Waals surface area contributed by atoms with Gasteiger partial charge in [-0.05, 0) is 42.3 Å². The van der Waals surface area contributed by atoms with E-state index >= 15 is 0 Å². The number of nitrogens with zero attached hydrogens (tertiary/aromatic N) is 2. The van der Waals surface area contributed by atoms with Crippen molar-refractivity contribution in [3.8, 4) is 11.1 Å². The first-order valence-electron chi connectivity index (χ1n) is 9.45. The molecule has 2 heterocycles. The Hall–Kier alpha value is -2.13. The quantitative estimate of drug-likeness (QED) is 0.452. The predicted molar refractivity (Wildman–Crippen MR) is 110 cm³/mol. The van der Waals surface area contributed by atoms with Gasteiger partial charge in [0.25, 0.3) is 5.56 Å². The van der Waals surface area contributed by atoms with Crippen LogP contribution in [0.3, 0.4) is 0 Å². The van der Waals surface area contributed by atoms with E-state index in [1.807, 2.05) is 47.0 Å². The molecule has 0 saturated heterocycles. The molecule has 3 aromatic rings. The summed E-state index contributed by atoms with van der Waals surface area (Å²) in [6.45, 7) is 2.92. The van der Waals surface area contributed by atoms with E-state index in [9.17, 15) is 4.79 Å². The Morgan fingerprint density at radius 3 is 2.62 bits per heavy atom. The maximum Gasteiger partial charge on any atom is 0.260 e. The molecule has 0 bridgehead atoms. The molecule has 0 aliphatic rings. The zero-order valence-corrected chi connectivity index (χ0v) is 16.0. The topological polar surface area (TPSA) is 34.9 Å². The van der Waals surface area contributed by atoms with Crippen molar-refractivity contribution in [3.05, 3.63) is 64.0 Å². The predicted octanol–water partition coefficient (Wildman–Crippen LogP) is 6.08. The fourth-order valence-corrected chi connectivity index (χ4v) is 3.52.